The number of rotatable bonds is 3. The van der Waals surface area contributed by atoms with Crippen LogP contribution >= 0.6 is 0 Å². The number of nitrogens with one attached hydrogen (secondary N) is 2. The average Bonchev–Trinajstić information content (AvgIpc) is 2.81. The lowest BCUT2D eigenvalue weighted by Crippen LogP contribution is -2.16. The van der Waals surface area contributed by atoms with Gasteiger partial charge in [0.25, 0.3) is 10.0 Å². The van der Waals surface area contributed by atoms with E-state index in [0.717, 1.165) is 24.5 Å². The van der Waals surface area contributed by atoms with Gasteiger partial charge in [-0.15, -0.1) is 0 Å². The molecule has 1 heterocycles. The minimum Gasteiger partial charge on any atom is -0.284 e. The zero-order valence-electron chi connectivity index (χ0n) is 9.27. The van der Waals surface area contributed by atoms with E-state index in [-0.39, 0.29) is 4.90 Å². The monoisotopic (exact) mass is 291 g/mol. The van der Waals surface area contributed by atoms with Crippen LogP contribution in [0.1, 0.15) is 5.56 Å². The maximum atomic E-state index is 12.7. The molecule has 0 unspecified atom stereocenters. The van der Waals surface area contributed by atoms with Crippen LogP contribution in [0.15, 0.2) is 41.6 Å². The van der Waals surface area contributed by atoms with Gasteiger partial charge in [0.05, 0.1) is 17.4 Å². The molecule has 0 bridgehead atoms. The third-order valence-electron chi connectivity index (χ3n) is 2.26. The summed E-state index contributed by atoms with van der Waals surface area (Å²) in [5, 5.41) is 5.71. The number of hydrogen-bond donors (Lipinski definition) is 2. The molecule has 9 heteroatoms. The Hall–Kier alpha value is -2.03. The van der Waals surface area contributed by atoms with Crippen LogP contribution in [-0.4, -0.2) is 18.6 Å². The zero-order chi connectivity index (χ0) is 14.1. The minimum atomic E-state index is -4.64. The Kier molecular flexibility index (Phi) is 3.23. The van der Waals surface area contributed by atoms with Gasteiger partial charge >= 0.3 is 6.18 Å². The summed E-state index contributed by atoms with van der Waals surface area (Å²) in [6.07, 6.45) is -2.58. The van der Waals surface area contributed by atoms with Crippen LogP contribution in [0, 0.1) is 0 Å². The molecule has 0 amide bonds. The van der Waals surface area contributed by atoms with Crippen molar-refractivity contribution in [2.75, 3.05) is 4.72 Å². The lowest BCUT2D eigenvalue weighted by Gasteiger charge is -2.13. The van der Waals surface area contributed by atoms with Crippen molar-refractivity contribution < 1.29 is 21.6 Å². The predicted octanol–water partition coefficient (Wildman–Crippen LogP) is 2.23. The Balaban J connectivity index is 2.40. The molecule has 5 nitrogen and oxygen atoms in total. The van der Waals surface area contributed by atoms with Crippen LogP contribution < -0.4 is 4.72 Å². The van der Waals surface area contributed by atoms with Gasteiger partial charge in [0.1, 0.15) is 4.90 Å². The Labute approximate surface area is 106 Å². The SMILES string of the molecule is O=S(=O)(Nc1ccccc1C(F)(F)F)c1cn[nH]c1. The number of anilines is 1. The maximum Gasteiger partial charge on any atom is 0.418 e. The standard InChI is InChI=1S/C10H8F3N3O2S/c11-10(12,13)8-3-1-2-4-9(8)16-19(17,18)7-5-14-15-6-7/h1-6,16H,(H,14,15). The van der Waals surface area contributed by atoms with Gasteiger partial charge in [0, 0.05) is 6.20 Å². The summed E-state index contributed by atoms with van der Waals surface area (Å²) in [4.78, 5) is -0.246. The maximum absolute atomic E-state index is 12.7. The molecule has 2 aromatic rings. The van der Waals surface area contributed by atoms with E-state index in [1.165, 1.54) is 12.1 Å². The van der Waals surface area contributed by atoms with Crippen molar-refractivity contribution in [3.05, 3.63) is 42.2 Å². The van der Waals surface area contributed by atoms with Crippen molar-refractivity contribution >= 4 is 15.7 Å². The number of halogens is 3. The molecule has 0 aliphatic heterocycles. The molecule has 0 atom stereocenters. The first-order chi connectivity index (χ1) is 8.81. The number of H-pyrrole nitrogens is 1. The zero-order valence-corrected chi connectivity index (χ0v) is 10.1. The molecule has 0 aliphatic carbocycles. The van der Waals surface area contributed by atoms with Crippen LogP contribution in [0.5, 0.6) is 0 Å². The van der Waals surface area contributed by atoms with E-state index in [1.54, 1.807) is 0 Å². The van der Waals surface area contributed by atoms with Crippen LogP contribution in [0.2, 0.25) is 0 Å². The number of nitrogens with zero attached hydrogens (tertiary/aromatic N) is 1. The fourth-order valence-corrected chi connectivity index (χ4v) is 2.39. The van der Waals surface area contributed by atoms with E-state index in [2.05, 4.69) is 10.2 Å². The quantitative estimate of drug-likeness (QED) is 0.910. The van der Waals surface area contributed by atoms with Crippen LogP contribution in [-0.2, 0) is 16.2 Å². The summed E-state index contributed by atoms with van der Waals surface area (Å²) in [5.41, 5.74) is -1.58. The highest BCUT2D eigenvalue weighted by molar-refractivity contribution is 7.92. The first-order valence-electron chi connectivity index (χ1n) is 4.98. The molecular formula is C10H8F3N3O2S. The molecule has 0 radical (unpaired) electrons. The van der Waals surface area contributed by atoms with Crippen molar-refractivity contribution in [1.29, 1.82) is 0 Å². The van der Waals surface area contributed by atoms with Gasteiger partial charge in [-0.2, -0.15) is 18.3 Å². The van der Waals surface area contributed by atoms with Crippen molar-refractivity contribution in [1.82, 2.24) is 10.2 Å². The number of benzene rings is 1. The fraction of sp³-hybridized carbons (Fsp3) is 0.100. The first-order valence-corrected chi connectivity index (χ1v) is 6.47. The Bertz CT molecular complexity index is 666. The van der Waals surface area contributed by atoms with Gasteiger partial charge in [0.2, 0.25) is 0 Å². The van der Waals surface area contributed by atoms with Crippen molar-refractivity contribution in [2.45, 2.75) is 11.1 Å². The summed E-state index contributed by atoms with van der Waals surface area (Å²) in [6.45, 7) is 0. The van der Waals surface area contributed by atoms with Gasteiger partial charge in [-0.1, -0.05) is 12.1 Å². The fourth-order valence-electron chi connectivity index (χ4n) is 1.41. The van der Waals surface area contributed by atoms with E-state index in [9.17, 15) is 21.6 Å². The number of hydrogen-bond acceptors (Lipinski definition) is 3. The Morgan fingerprint density at radius 3 is 2.47 bits per heavy atom. The second-order valence-electron chi connectivity index (χ2n) is 3.58. The number of aromatic nitrogens is 2. The molecular weight excluding hydrogens is 283 g/mol. The average molecular weight is 291 g/mol. The molecule has 2 N–H and O–H groups in total. The number of para-hydroxylation sites is 1. The molecule has 0 spiro atoms. The number of sulfonamides is 1. The van der Waals surface area contributed by atoms with Crippen molar-refractivity contribution in [3.8, 4) is 0 Å². The number of aromatic amines is 1. The summed E-state index contributed by atoms with van der Waals surface area (Å²) < 4.78 is 63.6. The molecule has 0 saturated carbocycles. The van der Waals surface area contributed by atoms with E-state index >= 15 is 0 Å². The van der Waals surface area contributed by atoms with E-state index in [4.69, 9.17) is 0 Å². The topological polar surface area (TPSA) is 74.8 Å². The van der Waals surface area contributed by atoms with Gasteiger partial charge in [0.15, 0.2) is 0 Å². The first kappa shape index (κ1) is 13.4. The molecule has 2 rings (SSSR count). The molecule has 102 valence electrons. The van der Waals surface area contributed by atoms with Crippen LogP contribution in [0.3, 0.4) is 0 Å². The Morgan fingerprint density at radius 2 is 1.89 bits per heavy atom. The molecule has 0 aliphatic rings. The van der Waals surface area contributed by atoms with Crippen LogP contribution in [0.25, 0.3) is 0 Å². The normalized spacial score (nSPS) is 12.4. The largest absolute Gasteiger partial charge is 0.418 e. The predicted molar refractivity (Wildman–Crippen MR) is 60.8 cm³/mol. The second-order valence-corrected chi connectivity index (χ2v) is 5.27. The van der Waals surface area contributed by atoms with Gasteiger partial charge < -0.3 is 0 Å². The molecule has 1 aromatic heterocycles. The third kappa shape index (κ3) is 2.87. The van der Waals surface area contributed by atoms with E-state index < -0.39 is 27.5 Å². The van der Waals surface area contributed by atoms with Crippen molar-refractivity contribution in [3.63, 3.8) is 0 Å². The Morgan fingerprint density at radius 1 is 1.21 bits per heavy atom. The van der Waals surface area contributed by atoms with Gasteiger partial charge in [-0.05, 0) is 12.1 Å². The third-order valence-corrected chi connectivity index (χ3v) is 3.59. The van der Waals surface area contributed by atoms with Gasteiger partial charge in [-0.3, -0.25) is 9.82 Å². The summed E-state index contributed by atoms with van der Waals surface area (Å²) in [7, 11) is -4.10. The second kappa shape index (κ2) is 4.57. The smallest absolute Gasteiger partial charge is 0.284 e. The van der Waals surface area contributed by atoms with Crippen molar-refractivity contribution in [2.24, 2.45) is 0 Å². The number of alkyl halides is 3. The highest BCUT2D eigenvalue weighted by Crippen LogP contribution is 2.35. The summed E-state index contributed by atoms with van der Waals surface area (Å²) in [5.74, 6) is 0. The summed E-state index contributed by atoms with van der Waals surface area (Å²) in [6, 6.07) is 4.33. The lowest BCUT2D eigenvalue weighted by atomic mass is 10.2. The highest BCUT2D eigenvalue weighted by Gasteiger charge is 2.34. The minimum absolute atomic E-state index is 0.246. The molecule has 1 aromatic carbocycles. The molecule has 19 heavy (non-hydrogen) atoms. The highest BCUT2D eigenvalue weighted by atomic mass is 32.2. The van der Waals surface area contributed by atoms with Gasteiger partial charge in [-0.25, -0.2) is 8.42 Å². The van der Waals surface area contributed by atoms with E-state index in [1.807, 2.05) is 4.72 Å². The summed E-state index contributed by atoms with van der Waals surface area (Å²) >= 11 is 0. The molecule has 0 saturated heterocycles. The van der Waals surface area contributed by atoms with Crippen LogP contribution in [0.4, 0.5) is 18.9 Å². The lowest BCUT2D eigenvalue weighted by molar-refractivity contribution is -0.136. The molecule has 0 fully saturated rings. The van der Waals surface area contributed by atoms with E-state index in [0.29, 0.717) is 0 Å².